The Morgan fingerprint density at radius 2 is 1.91 bits per heavy atom. The van der Waals surface area contributed by atoms with Gasteiger partial charge in [-0.1, -0.05) is 0 Å². The fourth-order valence-electron chi connectivity index (χ4n) is 4.06. The van der Waals surface area contributed by atoms with Gasteiger partial charge in [-0.25, -0.2) is 8.78 Å². The van der Waals surface area contributed by atoms with Crippen molar-refractivity contribution in [2.45, 2.75) is 31.6 Å². The first kappa shape index (κ1) is 23.3. The first-order valence-corrected chi connectivity index (χ1v) is 10.6. The van der Waals surface area contributed by atoms with E-state index in [0.29, 0.717) is 31.8 Å². The predicted octanol–water partition coefficient (Wildman–Crippen LogP) is 3.58. The maximum Gasteiger partial charge on any atom is 0.433 e. The lowest BCUT2D eigenvalue weighted by molar-refractivity contribution is -0.141. The molecule has 2 fully saturated rings. The Kier molecular flexibility index (Phi) is 5.97. The number of aromatic nitrogens is 1. The number of pyridine rings is 1. The summed E-state index contributed by atoms with van der Waals surface area (Å²) >= 11 is 0. The minimum Gasteiger partial charge on any atom is -0.473 e. The number of halogens is 5. The average molecular weight is 498 g/mol. The second-order valence-corrected chi connectivity index (χ2v) is 8.07. The van der Waals surface area contributed by atoms with Crippen LogP contribution in [0, 0.1) is 11.6 Å². The lowest BCUT2D eigenvalue weighted by Gasteiger charge is -2.32. The van der Waals surface area contributed by atoms with Gasteiger partial charge in [0.25, 0.3) is 0 Å². The molecule has 0 saturated carbocycles. The van der Waals surface area contributed by atoms with Crippen LogP contribution >= 0.6 is 0 Å². The van der Waals surface area contributed by atoms with Gasteiger partial charge in [0.2, 0.25) is 12.2 Å². The number of aliphatic hydroxyl groups is 1. The fraction of sp³-hybridized carbons (Fsp3) is 0.364. The molecule has 1 aromatic heterocycles. The summed E-state index contributed by atoms with van der Waals surface area (Å²) in [6.07, 6.45) is -2.65. The fourth-order valence-corrected chi connectivity index (χ4v) is 4.06. The van der Waals surface area contributed by atoms with Gasteiger partial charge in [-0.15, -0.1) is 0 Å². The second kappa shape index (κ2) is 8.96. The number of ether oxygens (including phenoxy) is 3. The molecular formula is C22H19F5N4O4. The number of fused-ring (bicyclic) bond motifs is 3. The largest absolute Gasteiger partial charge is 0.473 e. The molecule has 3 aliphatic heterocycles. The highest BCUT2D eigenvalue weighted by Crippen LogP contribution is 2.34. The van der Waals surface area contributed by atoms with Crippen molar-refractivity contribution in [1.29, 1.82) is 0 Å². The van der Waals surface area contributed by atoms with Crippen molar-refractivity contribution in [2.24, 2.45) is 4.99 Å². The van der Waals surface area contributed by atoms with E-state index in [1.54, 1.807) is 11.0 Å². The Morgan fingerprint density at radius 3 is 2.66 bits per heavy atom. The molecule has 0 radical (unpaired) electrons. The van der Waals surface area contributed by atoms with Crippen LogP contribution in [0.15, 0.2) is 47.4 Å². The highest BCUT2D eigenvalue weighted by Gasteiger charge is 2.41. The SMILES string of the molecule is OC1N=C(OCc2cc(F)c(Oc3ccnc(C(F)(F)F)c3)c(F)c2)C=C2N1C[C@@H]1CCOCN21. The summed E-state index contributed by atoms with van der Waals surface area (Å²) in [5, 5.41) is 10.4. The van der Waals surface area contributed by atoms with Gasteiger partial charge in [-0.05, 0) is 30.2 Å². The van der Waals surface area contributed by atoms with Crippen molar-refractivity contribution in [1.82, 2.24) is 14.8 Å². The number of nitrogens with zero attached hydrogens (tertiary/aromatic N) is 4. The van der Waals surface area contributed by atoms with Crippen molar-refractivity contribution in [3.63, 3.8) is 0 Å². The molecule has 0 spiro atoms. The Balaban J connectivity index is 1.28. The highest BCUT2D eigenvalue weighted by molar-refractivity contribution is 5.89. The molecule has 35 heavy (non-hydrogen) atoms. The molecule has 8 nitrogen and oxygen atoms in total. The van der Waals surface area contributed by atoms with Crippen LogP contribution in [0.25, 0.3) is 0 Å². The van der Waals surface area contributed by atoms with Crippen molar-refractivity contribution >= 4 is 5.90 Å². The molecule has 0 amide bonds. The number of benzene rings is 1. The van der Waals surface area contributed by atoms with Crippen LogP contribution in [0.2, 0.25) is 0 Å². The predicted molar refractivity (Wildman–Crippen MR) is 110 cm³/mol. The lowest BCUT2D eigenvalue weighted by atomic mass is 10.2. The van der Waals surface area contributed by atoms with Crippen LogP contribution in [-0.2, 0) is 22.3 Å². The molecule has 5 rings (SSSR count). The van der Waals surface area contributed by atoms with Crippen LogP contribution < -0.4 is 4.74 Å². The maximum absolute atomic E-state index is 14.6. The summed E-state index contributed by atoms with van der Waals surface area (Å²) in [5.74, 6) is -2.79. The van der Waals surface area contributed by atoms with Crippen LogP contribution in [0.1, 0.15) is 17.7 Å². The summed E-state index contributed by atoms with van der Waals surface area (Å²) in [6.45, 7) is 1.31. The molecule has 0 bridgehead atoms. The molecule has 1 unspecified atom stereocenters. The summed E-state index contributed by atoms with van der Waals surface area (Å²) in [7, 11) is 0. The van der Waals surface area contributed by atoms with Gasteiger partial charge in [-0.2, -0.15) is 18.2 Å². The molecule has 4 heterocycles. The highest BCUT2D eigenvalue weighted by atomic mass is 19.4. The van der Waals surface area contributed by atoms with E-state index < -0.39 is 41.4 Å². The Morgan fingerprint density at radius 1 is 1.14 bits per heavy atom. The minimum absolute atomic E-state index is 0.0765. The summed E-state index contributed by atoms with van der Waals surface area (Å²) in [4.78, 5) is 10.9. The van der Waals surface area contributed by atoms with E-state index in [-0.39, 0.29) is 24.1 Å². The molecule has 1 N–H and O–H groups in total. The second-order valence-electron chi connectivity index (χ2n) is 8.07. The molecule has 186 valence electrons. The third-order valence-electron chi connectivity index (χ3n) is 5.72. The Hall–Kier alpha value is -3.45. The van der Waals surface area contributed by atoms with E-state index in [9.17, 15) is 27.1 Å². The summed E-state index contributed by atoms with van der Waals surface area (Å²) in [5.41, 5.74) is -1.17. The van der Waals surface area contributed by atoms with Crippen LogP contribution in [0.4, 0.5) is 22.0 Å². The molecule has 13 heteroatoms. The molecule has 2 saturated heterocycles. The van der Waals surface area contributed by atoms with Gasteiger partial charge in [0, 0.05) is 24.9 Å². The zero-order chi connectivity index (χ0) is 24.7. The average Bonchev–Trinajstić information content (AvgIpc) is 3.19. The number of aliphatic imine (C=N–C) groups is 1. The lowest BCUT2D eigenvalue weighted by Crippen LogP contribution is -2.38. The quantitative estimate of drug-likeness (QED) is 0.646. The van der Waals surface area contributed by atoms with Crippen LogP contribution in [0.5, 0.6) is 11.5 Å². The zero-order valence-corrected chi connectivity index (χ0v) is 18.0. The van der Waals surface area contributed by atoms with Gasteiger partial charge < -0.3 is 29.1 Å². The summed E-state index contributed by atoms with van der Waals surface area (Å²) < 4.78 is 83.6. The third kappa shape index (κ3) is 4.73. The van der Waals surface area contributed by atoms with Crippen LogP contribution in [0.3, 0.4) is 0 Å². The van der Waals surface area contributed by atoms with Gasteiger partial charge in [0.1, 0.15) is 30.6 Å². The van der Waals surface area contributed by atoms with Gasteiger partial charge in [0.15, 0.2) is 17.4 Å². The van der Waals surface area contributed by atoms with E-state index in [1.807, 2.05) is 4.90 Å². The first-order valence-electron chi connectivity index (χ1n) is 10.6. The number of alkyl halides is 3. The Labute approximate surface area is 195 Å². The van der Waals surface area contributed by atoms with Crippen molar-refractivity contribution in [3.05, 3.63) is 65.3 Å². The van der Waals surface area contributed by atoms with Crippen molar-refractivity contribution in [3.8, 4) is 11.5 Å². The summed E-state index contributed by atoms with van der Waals surface area (Å²) in [6, 6.07) is 3.65. The smallest absolute Gasteiger partial charge is 0.433 e. The minimum atomic E-state index is -4.74. The van der Waals surface area contributed by atoms with Crippen molar-refractivity contribution in [2.75, 3.05) is 19.9 Å². The van der Waals surface area contributed by atoms with Gasteiger partial charge >= 0.3 is 6.18 Å². The molecule has 2 atom stereocenters. The Bertz CT molecular complexity index is 1170. The normalized spacial score (nSPS) is 21.8. The van der Waals surface area contributed by atoms with E-state index in [1.165, 1.54) is 0 Å². The first-order chi connectivity index (χ1) is 16.7. The van der Waals surface area contributed by atoms with Gasteiger partial charge in [-0.3, -0.25) is 4.98 Å². The molecule has 0 aliphatic carbocycles. The zero-order valence-electron chi connectivity index (χ0n) is 18.0. The van der Waals surface area contributed by atoms with E-state index in [4.69, 9.17) is 14.2 Å². The number of hydrogen-bond acceptors (Lipinski definition) is 8. The molecule has 3 aliphatic rings. The molecule has 2 aromatic rings. The van der Waals surface area contributed by atoms with Gasteiger partial charge in [0.05, 0.1) is 12.6 Å². The molecule has 1 aromatic carbocycles. The molecular weight excluding hydrogens is 479 g/mol. The maximum atomic E-state index is 14.6. The number of rotatable bonds is 4. The van der Waals surface area contributed by atoms with Crippen molar-refractivity contribution < 1.29 is 41.3 Å². The number of hydrogen-bond donors (Lipinski definition) is 1. The number of aliphatic hydroxyl groups excluding tert-OH is 1. The van der Waals surface area contributed by atoms with E-state index in [0.717, 1.165) is 30.8 Å². The monoisotopic (exact) mass is 498 g/mol. The third-order valence-corrected chi connectivity index (χ3v) is 5.72. The van der Waals surface area contributed by atoms with E-state index in [2.05, 4.69) is 9.98 Å². The topological polar surface area (TPSA) is 79.7 Å². The van der Waals surface area contributed by atoms with Crippen LogP contribution in [-0.4, -0.2) is 58.1 Å². The van der Waals surface area contributed by atoms with E-state index >= 15 is 0 Å². The standard InChI is InChI=1S/C22H19F5N4O4/c23-15-5-12(6-16(24)20(15)35-14-1-3-28-17(7-14)22(25,26)27)10-34-18-8-19-30(21(32)29-18)9-13-2-4-33-11-31(13)19/h1,3,5-8,13,21,32H,2,4,9-11H2/t13-,21?/m0/s1.